The molecule has 0 aliphatic rings. The molecule has 0 aromatic carbocycles. The van der Waals surface area contributed by atoms with Crippen LogP contribution in [0.3, 0.4) is 0 Å². The van der Waals surface area contributed by atoms with Gasteiger partial charge in [-0.3, -0.25) is 9.97 Å². The van der Waals surface area contributed by atoms with Crippen LogP contribution in [-0.4, -0.2) is 23.6 Å². The molecule has 0 aliphatic heterocycles. The first-order valence-corrected chi connectivity index (χ1v) is 6.89. The van der Waals surface area contributed by atoms with Gasteiger partial charge < -0.3 is 10.1 Å². The molecule has 1 atom stereocenters. The Kier molecular flexibility index (Phi) is 5.07. The topological polar surface area (TPSA) is 47.0 Å². The van der Waals surface area contributed by atoms with E-state index in [9.17, 15) is 0 Å². The maximum Gasteiger partial charge on any atom is 0.137 e. The van der Waals surface area contributed by atoms with E-state index in [1.54, 1.807) is 13.3 Å². The average molecular weight is 271 g/mol. The van der Waals surface area contributed by atoms with Crippen molar-refractivity contribution in [1.29, 1.82) is 0 Å². The molecule has 2 aromatic rings. The van der Waals surface area contributed by atoms with Crippen LogP contribution in [0.15, 0.2) is 36.8 Å². The van der Waals surface area contributed by atoms with Gasteiger partial charge in [0.15, 0.2) is 0 Å². The predicted molar refractivity (Wildman–Crippen MR) is 79.9 cm³/mol. The number of methoxy groups -OCH3 is 1. The summed E-state index contributed by atoms with van der Waals surface area (Å²) in [4.78, 5) is 8.51. The van der Waals surface area contributed by atoms with Gasteiger partial charge in [0.05, 0.1) is 19.3 Å². The number of aromatic nitrogens is 2. The molecule has 4 nitrogen and oxygen atoms in total. The van der Waals surface area contributed by atoms with Crippen molar-refractivity contribution in [2.45, 2.75) is 26.3 Å². The second kappa shape index (κ2) is 7.01. The lowest BCUT2D eigenvalue weighted by Crippen LogP contribution is -2.23. The number of aryl methyl sites for hydroxylation is 1. The summed E-state index contributed by atoms with van der Waals surface area (Å²) in [6, 6.07) is 6.28. The number of ether oxygens (including phenoxy) is 1. The van der Waals surface area contributed by atoms with Gasteiger partial charge in [0.25, 0.3) is 0 Å². The van der Waals surface area contributed by atoms with E-state index in [2.05, 4.69) is 28.3 Å². The van der Waals surface area contributed by atoms with Crippen molar-refractivity contribution in [3.05, 3.63) is 53.6 Å². The standard InChI is InChI=1S/C16H21N3O/c1-4-6-19-16(13-5-7-18-12(2)8-13)14-9-15(20-3)11-17-10-14/h5,7-11,16,19H,4,6H2,1-3H3. The van der Waals surface area contributed by atoms with E-state index in [4.69, 9.17) is 4.74 Å². The van der Waals surface area contributed by atoms with Crippen molar-refractivity contribution in [3.63, 3.8) is 0 Å². The highest BCUT2D eigenvalue weighted by atomic mass is 16.5. The van der Waals surface area contributed by atoms with Gasteiger partial charge in [0.2, 0.25) is 0 Å². The minimum Gasteiger partial charge on any atom is -0.495 e. The fourth-order valence-electron chi connectivity index (χ4n) is 2.17. The normalized spacial score (nSPS) is 12.2. The second-order valence-corrected chi connectivity index (χ2v) is 4.78. The molecular formula is C16H21N3O. The van der Waals surface area contributed by atoms with Gasteiger partial charge in [-0.05, 0) is 49.2 Å². The zero-order valence-electron chi connectivity index (χ0n) is 12.3. The van der Waals surface area contributed by atoms with E-state index in [-0.39, 0.29) is 6.04 Å². The zero-order valence-corrected chi connectivity index (χ0v) is 12.3. The minimum absolute atomic E-state index is 0.110. The van der Waals surface area contributed by atoms with Crippen molar-refractivity contribution in [1.82, 2.24) is 15.3 Å². The summed E-state index contributed by atoms with van der Waals surface area (Å²) in [5, 5.41) is 3.56. The van der Waals surface area contributed by atoms with Crippen LogP contribution >= 0.6 is 0 Å². The van der Waals surface area contributed by atoms with Gasteiger partial charge in [-0.25, -0.2) is 0 Å². The lowest BCUT2D eigenvalue weighted by Gasteiger charge is -2.20. The molecule has 0 fully saturated rings. The molecule has 2 aromatic heterocycles. The molecule has 2 rings (SSSR count). The minimum atomic E-state index is 0.110. The third-order valence-electron chi connectivity index (χ3n) is 3.16. The molecule has 0 saturated carbocycles. The molecule has 0 aliphatic carbocycles. The Balaban J connectivity index is 2.35. The number of rotatable bonds is 6. The highest BCUT2D eigenvalue weighted by Crippen LogP contribution is 2.24. The zero-order chi connectivity index (χ0) is 14.4. The summed E-state index contributed by atoms with van der Waals surface area (Å²) >= 11 is 0. The van der Waals surface area contributed by atoms with E-state index in [0.717, 1.165) is 30.0 Å². The summed E-state index contributed by atoms with van der Waals surface area (Å²) in [5.41, 5.74) is 3.31. The maximum atomic E-state index is 5.27. The van der Waals surface area contributed by atoms with Crippen LogP contribution in [-0.2, 0) is 0 Å². The van der Waals surface area contributed by atoms with Gasteiger partial charge in [0, 0.05) is 18.1 Å². The lowest BCUT2D eigenvalue weighted by molar-refractivity contribution is 0.411. The first kappa shape index (κ1) is 14.5. The van der Waals surface area contributed by atoms with Crippen LogP contribution in [0.25, 0.3) is 0 Å². The second-order valence-electron chi connectivity index (χ2n) is 4.78. The lowest BCUT2D eigenvalue weighted by atomic mass is 10.00. The molecule has 0 saturated heterocycles. The Morgan fingerprint density at radius 1 is 1.25 bits per heavy atom. The summed E-state index contributed by atoms with van der Waals surface area (Å²) < 4.78 is 5.27. The number of hydrogen-bond acceptors (Lipinski definition) is 4. The van der Waals surface area contributed by atoms with Crippen LogP contribution < -0.4 is 10.1 Å². The molecule has 1 N–H and O–H groups in total. The molecule has 106 valence electrons. The molecule has 0 radical (unpaired) electrons. The van der Waals surface area contributed by atoms with Crippen LogP contribution in [0, 0.1) is 6.92 Å². The van der Waals surface area contributed by atoms with Crippen LogP contribution in [0.4, 0.5) is 0 Å². The fourth-order valence-corrected chi connectivity index (χ4v) is 2.17. The number of pyridine rings is 2. The SMILES string of the molecule is CCCNC(c1cncc(OC)c1)c1ccnc(C)c1. The number of hydrogen-bond donors (Lipinski definition) is 1. The van der Waals surface area contributed by atoms with Gasteiger partial charge in [-0.1, -0.05) is 6.92 Å². The summed E-state index contributed by atoms with van der Waals surface area (Å²) in [6.07, 6.45) is 6.53. The molecule has 0 bridgehead atoms. The fraction of sp³-hybridized carbons (Fsp3) is 0.375. The van der Waals surface area contributed by atoms with Gasteiger partial charge >= 0.3 is 0 Å². The van der Waals surface area contributed by atoms with Crippen molar-refractivity contribution >= 4 is 0 Å². The van der Waals surface area contributed by atoms with Crippen molar-refractivity contribution in [2.24, 2.45) is 0 Å². The molecule has 20 heavy (non-hydrogen) atoms. The summed E-state index contributed by atoms with van der Waals surface area (Å²) in [5.74, 6) is 0.775. The third kappa shape index (κ3) is 3.54. The molecule has 1 unspecified atom stereocenters. The molecule has 2 heterocycles. The monoisotopic (exact) mass is 271 g/mol. The number of nitrogens with one attached hydrogen (secondary N) is 1. The van der Waals surface area contributed by atoms with Crippen LogP contribution in [0.2, 0.25) is 0 Å². The smallest absolute Gasteiger partial charge is 0.137 e. The summed E-state index contributed by atoms with van der Waals surface area (Å²) in [7, 11) is 1.66. The van der Waals surface area contributed by atoms with Gasteiger partial charge in [-0.2, -0.15) is 0 Å². The van der Waals surface area contributed by atoms with E-state index < -0.39 is 0 Å². The Bertz CT molecular complexity index is 557. The van der Waals surface area contributed by atoms with E-state index in [0.29, 0.717) is 0 Å². The van der Waals surface area contributed by atoms with Crippen molar-refractivity contribution in [3.8, 4) is 5.75 Å². The number of nitrogens with zero attached hydrogens (tertiary/aromatic N) is 2. The Hall–Kier alpha value is -1.94. The predicted octanol–water partition coefficient (Wildman–Crippen LogP) is 2.88. The van der Waals surface area contributed by atoms with E-state index >= 15 is 0 Å². The Morgan fingerprint density at radius 3 is 2.80 bits per heavy atom. The first-order valence-electron chi connectivity index (χ1n) is 6.89. The molecule has 0 amide bonds. The van der Waals surface area contributed by atoms with E-state index in [1.165, 1.54) is 5.56 Å². The van der Waals surface area contributed by atoms with Gasteiger partial charge in [-0.15, -0.1) is 0 Å². The van der Waals surface area contributed by atoms with Crippen molar-refractivity contribution < 1.29 is 4.74 Å². The van der Waals surface area contributed by atoms with Crippen LogP contribution in [0.5, 0.6) is 5.75 Å². The third-order valence-corrected chi connectivity index (χ3v) is 3.16. The first-order chi connectivity index (χ1) is 9.74. The average Bonchev–Trinajstić information content (AvgIpc) is 2.48. The van der Waals surface area contributed by atoms with Crippen LogP contribution in [0.1, 0.15) is 36.2 Å². The van der Waals surface area contributed by atoms with Gasteiger partial charge in [0.1, 0.15) is 5.75 Å². The molecule has 0 spiro atoms. The summed E-state index contributed by atoms with van der Waals surface area (Å²) in [6.45, 7) is 5.11. The van der Waals surface area contributed by atoms with E-state index in [1.807, 2.05) is 31.5 Å². The highest BCUT2D eigenvalue weighted by molar-refractivity contribution is 5.34. The Morgan fingerprint density at radius 2 is 2.10 bits per heavy atom. The largest absolute Gasteiger partial charge is 0.495 e. The van der Waals surface area contributed by atoms with Crippen molar-refractivity contribution in [2.75, 3.05) is 13.7 Å². The Labute approximate surface area is 120 Å². The highest BCUT2D eigenvalue weighted by Gasteiger charge is 2.14. The molecular weight excluding hydrogens is 250 g/mol. The maximum absolute atomic E-state index is 5.27. The molecule has 4 heteroatoms. The quantitative estimate of drug-likeness (QED) is 0.877.